The van der Waals surface area contributed by atoms with Gasteiger partial charge in [0.15, 0.2) is 6.61 Å². The molecule has 0 saturated heterocycles. The van der Waals surface area contributed by atoms with Crippen LogP contribution in [0.25, 0.3) is 0 Å². The smallest absolute Gasteiger partial charge is 0.422 e. The first-order chi connectivity index (χ1) is 14.3. The number of alkyl halides is 3. The van der Waals surface area contributed by atoms with Gasteiger partial charge in [-0.3, -0.25) is 0 Å². The van der Waals surface area contributed by atoms with Gasteiger partial charge >= 0.3 is 12.1 Å². The molecule has 1 fully saturated rings. The first kappa shape index (κ1) is 23.1. The molecule has 1 heterocycles. The van der Waals surface area contributed by atoms with Gasteiger partial charge in [0.2, 0.25) is 5.88 Å². The molecule has 10 heteroatoms. The van der Waals surface area contributed by atoms with Crippen LogP contribution in [0.15, 0.2) is 24.4 Å². The summed E-state index contributed by atoms with van der Waals surface area (Å²) < 4.78 is 67.0. The van der Waals surface area contributed by atoms with Crippen molar-refractivity contribution in [3.05, 3.63) is 46.4 Å². The number of benzene rings is 1. The minimum absolute atomic E-state index is 0.0793. The third-order valence-electron chi connectivity index (χ3n) is 4.12. The van der Waals surface area contributed by atoms with Crippen LogP contribution >= 0.6 is 11.6 Å². The number of pyridine rings is 1. The predicted octanol–water partition coefficient (Wildman–Crippen LogP) is 6.44. The summed E-state index contributed by atoms with van der Waals surface area (Å²) in [6.07, 6.45) is -1.72. The molecule has 31 heavy (non-hydrogen) atoms. The summed E-state index contributed by atoms with van der Waals surface area (Å²) in [5.41, 5.74) is -0.358. The second-order valence-corrected chi connectivity index (χ2v) is 8.52. The van der Waals surface area contributed by atoms with Crippen molar-refractivity contribution in [3.63, 3.8) is 0 Å². The predicted molar refractivity (Wildman–Crippen MR) is 104 cm³/mol. The Morgan fingerprint density at radius 3 is 2.42 bits per heavy atom. The number of nitrogens with zero attached hydrogens (tertiary/aromatic N) is 1. The highest BCUT2D eigenvalue weighted by molar-refractivity contribution is 6.31. The number of hydrogen-bond acceptors (Lipinski definition) is 5. The summed E-state index contributed by atoms with van der Waals surface area (Å²) in [6.45, 7) is 3.51. The first-order valence-corrected chi connectivity index (χ1v) is 9.80. The lowest BCUT2D eigenvalue weighted by molar-refractivity contribution is -0.154. The topological polar surface area (TPSA) is 57.7 Å². The molecular weight excluding hydrogens is 442 g/mol. The van der Waals surface area contributed by atoms with Crippen LogP contribution in [0.2, 0.25) is 5.02 Å². The van der Waals surface area contributed by atoms with Crippen LogP contribution in [0.1, 0.15) is 55.5 Å². The molecule has 1 aliphatic carbocycles. The molecule has 0 spiro atoms. The van der Waals surface area contributed by atoms with Crippen LogP contribution in [-0.4, -0.2) is 29.3 Å². The monoisotopic (exact) mass is 461 g/mol. The molecule has 0 aliphatic heterocycles. The van der Waals surface area contributed by atoms with E-state index < -0.39 is 36.1 Å². The highest BCUT2D eigenvalue weighted by atomic mass is 35.5. The van der Waals surface area contributed by atoms with Crippen molar-refractivity contribution in [1.82, 2.24) is 4.98 Å². The van der Waals surface area contributed by atoms with Gasteiger partial charge in [-0.15, -0.1) is 0 Å². The van der Waals surface area contributed by atoms with Gasteiger partial charge in [0.1, 0.15) is 27.9 Å². The molecule has 168 valence electrons. The Balaban J connectivity index is 1.84. The summed E-state index contributed by atoms with van der Waals surface area (Å²) in [5, 5.41) is -0.194. The average Bonchev–Trinajstić information content (AvgIpc) is 3.43. The number of rotatable bonds is 6. The van der Waals surface area contributed by atoms with E-state index in [1.807, 2.05) is 0 Å². The van der Waals surface area contributed by atoms with Gasteiger partial charge in [-0.1, -0.05) is 11.6 Å². The van der Waals surface area contributed by atoms with Gasteiger partial charge < -0.3 is 14.2 Å². The normalized spacial score (nSPS) is 14.3. The van der Waals surface area contributed by atoms with Crippen LogP contribution in [-0.2, 0) is 4.74 Å². The Kier molecular flexibility index (Phi) is 6.36. The molecule has 0 bridgehead atoms. The average molecular weight is 462 g/mol. The highest BCUT2D eigenvalue weighted by Gasteiger charge is 2.31. The summed E-state index contributed by atoms with van der Waals surface area (Å²) in [6, 6.07) is 3.71. The molecule has 5 nitrogen and oxygen atoms in total. The van der Waals surface area contributed by atoms with E-state index in [2.05, 4.69) is 9.72 Å². The molecule has 0 unspecified atom stereocenters. The standard InChI is InChI=1S/C21H20ClF4NO4/c1-20(2,3)31-19(28)14-7-13(11-4-5-11)17(8-16(14)23)30-12-6-15(22)18(27-9-12)29-10-21(24,25)26/h6-9,11H,4-5,10H2,1-3H3. The fourth-order valence-electron chi connectivity index (χ4n) is 2.71. The molecule has 1 saturated carbocycles. The number of carbonyl (C=O) groups is 1. The third kappa shape index (κ3) is 6.46. The van der Waals surface area contributed by atoms with E-state index in [0.29, 0.717) is 5.56 Å². The van der Waals surface area contributed by atoms with Crippen molar-refractivity contribution in [2.45, 2.75) is 51.3 Å². The molecule has 0 amide bonds. The fraction of sp³-hybridized carbons (Fsp3) is 0.429. The molecule has 1 aromatic heterocycles. The lowest BCUT2D eigenvalue weighted by Crippen LogP contribution is -2.24. The maximum absolute atomic E-state index is 14.6. The van der Waals surface area contributed by atoms with E-state index in [-0.39, 0.29) is 28.0 Å². The van der Waals surface area contributed by atoms with E-state index in [0.717, 1.165) is 25.1 Å². The van der Waals surface area contributed by atoms with Gasteiger partial charge in [0.25, 0.3) is 0 Å². The van der Waals surface area contributed by atoms with Crippen LogP contribution in [0.4, 0.5) is 17.6 Å². The summed E-state index contributed by atoms with van der Waals surface area (Å²) in [5.74, 6) is -1.67. The maximum atomic E-state index is 14.6. The minimum Gasteiger partial charge on any atom is -0.467 e. The lowest BCUT2D eigenvalue weighted by Gasteiger charge is -2.20. The van der Waals surface area contributed by atoms with Crippen LogP contribution in [0.5, 0.6) is 17.4 Å². The molecule has 1 aromatic carbocycles. The second-order valence-electron chi connectivity index (χ2n) is 8.11. The Labute approximate surface area is 181 Å². The molecule has 2 aromatic rings. The molecule has 0 atom stereocenters. The van der Waals surface area contributed by atoms with Gasteiger partial charge in [-0.05, 0) is 51.2 Å². The number of aromatic nitrogens is 1. The van der Waals surface area contributed by atoms with Gasteiger partial charge in [0.05, 0.1) is 11.8 Å². The number of halogens is 5. The number of hydrogen-bond donors (Lipinski definition) is 0. The van der Waals surface area contributed by atoms with E-state index >= 15 is 0 Å². The Morgan fingerprint density at radius 1 is 1.19 bits per heavy atom. The highest BCUT2D eigenvalue weighted by Crippen LogP contribution is 2.46. The molecule has 3 rings (SSSR count). The van der Waals surface area contributed by atoms with Crippen molar-refractivity contribution in [1.29, 1.82) is 0 Å². The van der Waals surface area contributed by atoms with Crippen LogP contribution in [0, 0.1) is 5.82 Å². The second kappa shape index (κ2) is 8.53. The fourth-order valence-corrected chi connectivity index (χ4v) is 2.92. The zero-order valence-corrected chi connectivity index (χ0v) is 17.7. The maximum Gasteiger partial charge on any atom is 0.422 e. The summed E-state index contributed by atoms with van der Waals surface area (Å²) in [7, 11) is 0. The Hall–Kier alpha value is -2.55. The van der Waals surface area contributed by atoms with Crippen molar-refractivity contribution < 1.29 is 36.6 Å². The zero-order valence-electron chi connectivity index (χ0n) is 17.0. The molecule has 1 aliphatic rings. The van der Waals surface area contributed by atoms with Crippen molar-refractivity contribution in [2.75, 3.05) is 6.61 Å². The molecule has 0 N–H and O–H groups in total. The summed E-state index contributed by atoms with van der Waals surface area (Å²) >= 11 is 5.93. The number of esters is 1. The van der Waals surface area contributed by atoms with E-state index in [4.69, 9.17) is 21.1 Å². The number of ether oxygens (including phenoxy) is 3. The Bertz CT molecular complexity index is 985. The van der Waals surface area contributed by atoms with E-state index in [9.17, 15) is 22.4 Å². The van der Waals surface area contributed by atoms with Gasteiger partial charge in [-0.25, -0.2) is 14.2 Å². The van der Waals surface area contributed by atoms with Gasteiger partial charge in [0, 0.05) is 12.1 Å². The van der Waals surface area contributed by atoms with Crippen molar-refractivity contribution in [3.8, 4) is 17.4 Å². The van der Waals surface area contributed by atoms with E-state index in [1.165, 1.54) is 12.1 Å². The Morgan fingerprint density at radius 2 is 1.87 bits per heavy atom. The quantitative estimate of drug-likeness (QED) is 0.366. The largest absolute Gasteiger partial charge is 0.467 e. The third-order valence-corrected chi connectivity index (χ3v) is 4.39. The van der Waals surface area contributed by atoms with Crippen LogP contribution < -0.4 is 9.47 Å². The van der Waals surface area contributed by atoms with Gasteiger partial charge in [-0.2, -0.15) is 13.2 Å². The SMILES string of the molecule is CC(C)(C)OC(=O)c1cc(C2CC2)c(Oc2cnc(OCC(F)(F)F)c(Cl)c2)cc1F. The zero-order chi connectivity index (χ0) is 23.0. The molecular formula is C21H20ClF4NO4. The lowest BCUT2D eigenvalue weighted by atomic mass is 10.0. The van der Waals surface area contributed by atoms with Crippen LogP contribution in [0.3, 0.4) is 0 Å². The van der Waals surface area contributed by atoms with Crippen molar-refractivity contribution >= 4 is 17.6 Å². The van der Waals surface area contributed by atoms with E-state index in [1.54, 1.807) is 20.8 Å². The minimum atomic E-state index is -4.53. The number of carbonyl (C=O) groups excluding carboxylic acids is 1. The first-order valence-electron chi connectivity index (χ1n) is 9.42. The van der Waals surface area contributed by atoms with Crippen molar-refractivity contribution in [2.24, 2.45) is 0 Å². The molecule has 0 radical (unpaired) electrons. The summed E-state index contributed by atoms with van der Waals surface area (Å²) in [4.78, 5) is 16.1.